The van der Waals surface area contributed by atoms with Gasteiger partial charge in [-0.05, 0) is 36.8 Å². The summed E-state index contributed by atoms with van der Waals surface area (Å²) in [6, 6.07) is 11.9. The number of para-hydroxylation sites is 1. The van der Waals surface area contributed by atoms with Crippen molar-refractivity contribution in [3.8, 4) is 0 Å². The number of aryl methyl sites for hydroxylation is 1. The number of carbonyl (C=O) groups is 3. The van der Waals surface area contributed by atoms with Crippen molar-refractivity contribution >= 4 is 40.7 Å². The van der Waals surface area contributed by atoms with Gasteiger partial charge in [0.05, 0.1) is 5.69 Å². The lowest BCUT2D eigenvalue weighted by molar-refractivity contribution is -0.123. The molecule has 0 spiro atoms. The van der Waals surface area contributed by atoms with Crippen LogP contribution in [0.2, 0.25) is 5.02 Å². The van der Waals surface area contributed by atoms with E-state index in [-0.39, 0.29) is 12.5 Å². The summed E-state index contributed by atoms with van der Waals surface area (Å²) in [4.78, 5) is 39.0. The van der Waals surface area contributed by atoms with Crippen LogP contribution in [0.3, 0.4) is 0 Å². The van der Waals surface area contributed by atoms with Gasteiger partial charge in [-0.3, -0.25) is 19.4 Å². The van der Waals surface area contributed by atoms with Gasteiger partial charge in [0.1, 0.15) is 6.54 Å². The second kappa shape index (κ2) is 7.05. The number of hydrogen-bond acceptors (Lipinski definition) is 6. The molecule has 2 aromatic carbocycles. The van der Waals surface area contributed by atoms with Crippen molar-refractivity contribution in [2.45, 2.75) is 19.0 Å². The van der Waals surface area contributed by atoms with Gasteiger partial charge in [0.15, 0.2) is 12.1 Å². The number of nitrogens with zero attached hydrogens (tertiary/aromatic N) is 4. The van der Waals surface area contributed by atoms with E-state index in [1.165, 1.54) is 5.01 Å². The van der Waals surface area contributed by atoms with Crippen LogP contribution in [-0.2, 0) is 14.4 Å². The monoisotopic (exact) mass is 397 g/mol. The van der Waals surface area contributed by atoms with Crippen LogP contribution in [0.15, 0.2) is 58.9 Å². The Morgan fingerprint density at radius 1 is 1.14 bits per heavy atom. The Balaban J connectivity index is 1.49. The minimum absolute atomic E-state index is 0.210. The zero-order valence-electron chi connectivity index (χ0n) is 14.9. The zero-order chi connectivity index (χ0) is 19.8. The zero-order valence-corrected chi connectivity index (χ0v) is 15.6. The van der Waals surface area contributed by atoms with Gasteiger partial charge in [-0.25, -0.2) is 4.90 Å². The summed E-state index contributed by atoms with van der Waals surface area (Å²) in [5.41, 5.74) is 1.90. The molecule has 2 aliphatic heterocycles. The predicted molar refractivity (Wildman–Crippen MR) is 103 cm³/mol. The van der Waals surface area contributed by atoms with Gasteiger partial charge in [-0.2, -0.15) is 5.11 Å². The number of rotatable bonds is 4. The quantitative estimate of drug-likeness (QED) is 0.802. The van der Waals surface area contributed by atoms with E-state index in [0.29, 0.717) is 16.4 Å². The summed E-state index contributed by atoms with van der Waals surface area (Å²) >= 11 is 5.97. The summed E-state index contributed by atoms with van der Waals surface area (Å²) in [6.07, 6.45) is 0. The third-order valence-electron chi connectivity index (χ3n) is 4.65. The van der Waals surface area contributed by atoms with Crippen molar-refractivity contribution in [2.24, 2.45) is 10.3 Å². The fourth-order valence-electron chi connectivity index (χ4n) is 3.25. The number of benzene rings is 2. The minimum atomic E-state index is -0.937. The molecule has 1 saturated heterocycles. The van der Waals surface area contributed by atoms with E-state index in [4.69, 9.17) is 11.6 Å². The van der Waals surface area contributed by atoms with Crippen molar-refractivity contribution in [2.75, 3.05) is 16.8 Å². The van der Waals surface area contributed by atoms with Gasteiger partial charge in [0, 0.05) is 10.7 Å². The highest BCUT2D eigenvalue weighted by Crippen LogP contribution is 2.31. The molecule has 2 heterocycles. The van der Waals surface area contributed by atoms with Crippen LogP contribution in [0, 0.1) is 6.92 Å². The average Bonchev–Trinajstić information content (AvgIpc) is 3.19. The molecule has 0 aromatic heterocycles. The van der Waals surface area contributed by atoms with Crippen molar-refractivity contribution in [3.63, 3.8) is 0 Å². The molecular formula is C19H16ClN5O3. The molecule has 2 aromatic rings. The summed E-state index contributed by atoms with van der Waals surface area (Å²) in [7, 11) is 0. The lowest BCUT2D eigenvalue weighted by Gasteiger charge is -2.20. The fourth-order valence-corrected chi connectivity index (χ4v) is 3.42. The largest absolute Gasteiger partial charge is 0.324 e. The second-order valence-electron chi connectivity index (χ2n) is 6.55. The Morgan fingerprint density at radius 3 is 2.64 bits per heavy atom. The van der Waals surface area contributed by atoms with E-state index in [0.717, 1.165) is 10.5 Å². The highest BCUT2D eigenvalue weighted by molar-refractivity contribution is 6.31. The molecule has 0 unspecified atom stereocenters. The fraction of sp³-hybridized carbons (Fsp3) is 0.211. The molecule has 0 aliphatic carbocycles. The molecule has 0 radical (unpaired) electrons. The molecule has 28 heavy (non-hydrogen) atoms. The SMILES string of the molecule is Cc1ccc(Cl)cc1NC(=O)CN1N=N[C@@H]2C(=O)N(c3ccccc3)C(=O)[C@@H]21. The third-order valence-corrected chi connectivity index (χ3v) is 4.89. The maximum absolute atomic E-state index is 12.8. The van der Waals surface area contributed by atoms with E-state index >= 15 is 0 Å². The molecule has 1 fully saturated rings. The third kappa shape index (κ3) is 3.11. The number of anilines is 2. The lowest BCUT2D eigenvalue weighted by Crippen LogP contribution is -2.43. The smallest absolute Gasteiger partial charge is 0.263 e. The number of amides is 3. The highest BCUT2D eigenvalue weighted by atomic mass is 35.5. The molecule has 0 bridgehead atoms. The molecule has 2 atom stereocenters. The molecule has 4 rings (SSSR count). The van der Waals surface area contributed by atoms with E-state index in [2.05, 4.69) is 15.7 Å². The summed E-state index contributed by atoms with van der Waals surface area (Å²) in [5, 5.41) is 12.3. The van der Waals surface area contributed by atoms with Crippen LogP contribution in [0.25, 0.3) is 0 Å². The van der Waals surface area contributed by atoms with Crippen molar-refractivity contribution < 1.29 is 14.4 Å². The van der Waals surface area contributed by atoms with E-state index in [1.807, 2.05) is 6.92 Å². The lowest BCUT2D eigenvalue weighted by atomic mass is 10.1. The Labute approximate surface area is 165 Å². The van der Waals surface area contributed by atoms with Gasteiger partial charge >= 0.3 is 0 Å². The first-order valence-corrected chi connectivity index (χ1v) is 9.00. The number of hydrogen-bond donors (Lipinski definition) is 1. The van der Waals surface area contributed by atoms with Crippen LogP contribution in [0.5, 0.6) is 0 Å². The van der Waals surface area contributed by atoms with E-state index < -0.39 is 23.9 Å². The molecule has 2 aliphatic rings. The van der Waals surface area contributed by atoms with Crippen LogP contribution in [0.4, 0.5) is 11.4 Å². The Hall–Kier alpha value is -3.26. The number of halogens is 1. The maximum Gasteiger partial charge on any atom is 0.263 e. The van der Waals surface area contributed by atoms with Crippen molar-refractivity contribution in [3.05, 3.63) is 59.1 Å². The Kier molecular flexibility index (Phi) is 4.56. The van der Waals surface area contributed by atoms with Gasteiger partial charge < -0.3 is 5.32 Å². The molecule has 1 N–H and O–H groups in total. The van der Waals surface area contributed by atoms with Gasteiger partial charge in [0.2, 0.25) is 5.91 Å². The molecule has 3 amide bonds. The van der Waals surface area contributed by atoms with Crippen LogP contribution in [0.1, 0.15) is 5.56 Å². The molecule has 0 saturated carbocycles. The van der Waals surface area contributed by atoms with Crippen LogP contribution in [-0.4, -0.2) is 41.4 Å². The predicted octanol–water partition coefficient (Wildman–Crippen LogP) is 2.58. The Bertz CT molecular complexity index is 994. The summed E-state index contributed by atoms with van der Waals surface area (Å²) in [6.45, 7) is 1.63. The average molecular weight is 398 g/mol. The molecular weight excluding hydrogens is 382 g/mol. The summed E-state index contributed by atoms with van der Waals surface area (Å²) < 4.78 is 0. The van der Waals surface area contributed by atoms with Crippen LogP contribution < -0.4 is 10.2 Å². The van der Waals surface area contributed by atoms with Crippen molar-refractivity contribution in [1.29, 1.82) is 0 Å². The Morgan fingerprint density at radius 2 is 1.89 bits per heavy atom. The first-order valence-electron chi connectivity index (χ1n) is 8.62. The van der Waals surface area contributed by atoms with Crippen molar-refractivity contribution in [1.82, 2.24) is 5.01 Å². The van der Waals surface area contributed by atoms with E-state index in [9.17, 15) is 14.4 Å². The number of imide groups is 1. The van der Waals surface area contributed by atoms with Crippen LogP contribution >= 0.6 is 11.6 Å². The standard InChI is InChI=1S/C19H16ClN5O3/c1-11-7-8-12(20)9-14(11)21-15(26)10-24-17-16(22-23-24)18(27)25(19(17)28)13-5-3-2-4-6-13/h2-9,16-17H,10H2,1H3,(H,21,26)/t16-,17+/m0/s1. The second-order valence-corrected chi connectivity index (χ2v) is 6.98. The number of nitrogens with one attached hydrogen (secondary N) is 1. The molecule has 9 heteroatoms. The molecule has 8 nitrogen and oxygen atoms in total. The van der Waals surface area contributed by atoms with Gasteiger partial charge in [-0.15, -0.1) is 0 Å². The summed E-state index contributed by atoms with van der Waals surface area (Å²) in [5.74, 6) is -1.28. The van der Waals surface area contributed by atoms with E-state index in [1.54, 1.807) is 48.5 Å². The highest BCUT2D eigenvalue weighted by Gasteiger charge is 2.55. The topological polar surface area (TPSA) is 94.4 Å². The number of fused-ring (bicyclic) bond motifs is 1. The maximum atomic E-state index is 12.8. The first kappa shape index (κ1) is 18.1. The minimum Gasteiger partial charge on any atom is -0.324 e. The van der Waals surface area contributed by atoms with Gasteiger partial charge in [0.25, 0.3) is 11.8 Å². The normalized spacial score (nSPS) is 20.6. The number of carbonyl (C=O) groups excluding carboxylic acids is 3. The molecule has 142 valence electrons. The van der Waals surface area contributed by atoms with Gasteiger partial charge in [-0.1, -0.05) is 41.1 Å². The first-order chi connectivity index (χ1) is 13.5.